The first kappa shape index (κ1) is 11.0. The third-order valence-electron chi connectivity index (χ3n) is 2.15. The van der Waals surface area contributed by atoms with Crippen molar-refractivity contribution in [1.29, 1.82) is 0 Å². The number of hydrogen-bond donors (Lipinski definition) is 1. The molecule has 2 rings (SSSR count). The number of rotatable bonds is 2. The van der Waals surface area contributed by atoms with Crippen molar-refractivity contribution < 1.29 is 4.79 Å². The fourth-order valence-electron chi connectivity index (χ4n) is 1.45. The average Bonchev–Trinajstić information content (AvgIpc) is 2.54. The van der Waals surface area contributed by atoms with E-state index in [0.29, 0.717) is 19.8 Å². The Kier molecular flexibility index (Phi) is 3.92. The van der Waals surface area contributed by atoms with Crippen LogP contribution >= 0.6 is 12.4 Å². The Morgan fingerprint density at radius 2 is 2.00 bits per heavy atom. The van der Waals surface area contributed by atoms with Crippen LogP contribution in [0.25, 0.3) is 0 Å². The van der Waals surface area contributed by atoms with Crippen molar-refractivity contribution in [3.05, 3.63) is 35.9 Å². The van der Waals surface area contributed by atoms with Crippen LogP contribution in [-0.4, -0.2) is 24.0 Å². The van der Waals surface area contributed by atoms with Gasteiger partial charge in [-0.25, -0.2) is 0 Å². The zero-order valence-corrected chi connectivity index (χ0v) is 8.59. The molecule has 1 fully saturated rings. The van der Waals surface area contributed by atoms with Crippen LogP contribution < -0.4 is 5.32 Å². The second-order valence-corrected chi connectivity index (χ2v) is 3.16. The molecule has 0 aliphatic carbocycles. The summed E-state index contributed by atoms with van der Waals surface area (Å²) in [7, 11) is 0. The summed E-state index contributed by atoms with van der Waals surface area (Å²) >= 11 is 0. The summed E-state index contributed by atoms with van der Waals surface area (Å²) in [4.78, 5) is 13.1. The van der Waals surface area contributed by atoms with Gasteiger partial charge in [0.05, 0.1) is 13.2 Å². The molecular formula is C10H13ClN2O. The van der Waals surface area contributed by atoms with Crippen LogP contribution in [0, 0.1) is 0 Å². The van der Waals surface area contributed by atoms with E-state index in [0.717, 1.165) is 0 Å². The molecule has 76 valence electrons. The SMILES string of the molecule is Cl.O=C1CNCN1Cc1ccccc1. The minimum atomic E-state index is 0. The third-order valence-corrected chi connectivity index (χ3v) is 2.15. The van der Waals surface area contributed by atoms with E-state index in [1.165, 1.54) is 5.56 Å². The third kappa shape index (κ3) is 2.47. The molecule has 0 unspecified atom stereocenters. The molecule has 0 saturated carbocycles. The smallest absolute Gasteiger partial charge is 0.237 e. The van der Waals surface area contributed by atoms with Crippen LogP contribution in [0.2, 0.25) is 0 Å². The first-order valence-electron chi connectivity index (χ1n) is 4.39. The van der Waals surface area contributed by atoms with Gasteiger partial charge in [-0.1, -0.05) is 30.3 Å². The summed E-state index contributed by atoms with van der Waals surface area (Å²) in [6.45, 7) is 1.87. The van der Waals surface area contributed by atoms with Crippen molar-refractivity contribution in [1.82, 2.24) is 10.2 Å². The molecule has 1 aromatic carbocycles. The fourth-order valence-corrected chi connectivity index (χ4v) is 1.45. The van der Waals surface area contributed by atoms with E-state index in [4.69, 9.17) is 0 Å². The number of nitrogens with zero attached hydrogens (tertiary/aromatic N) is 1. The highest BCUT2D eigenvalue weighted by atomic mass is 35.5. The quantitative estimate of drug-likeness (QED) is 0.794. The Morgan fingerprint density at radius 3 is 2.57 bits per heavy atom. The largest absolute Gasteiger partial charge is 0.324 e. The Labute approximate surface area is 89.5 Å². The Hall–Kier alpha value is -1.06. The van der Waals surface area contributed by atoms with Crippen LogP contribution in [0.5, 0.6) is 0 Å². The predicted molar refractivity (Wildman–Crippen MR) is 57.1 cm³/mol. The number of benzene rings is 1. The molecule has 1 saturated heterocycles. The van der Waals surface area contributed by atoms with Gasteiger partial charge in [0.15, 0.2) is 0 Å². The maximum atomic E-state index is 11.2. The van der Waals surface area contributed by atoms with Crippen molar-refractivity contribution in [2.24, 2.45) is 0 Å². The average molecular weight is 213 g/mol. The molecule has 0 bridgehead atoms. The lowest BCUT2D eigenvalue weighted by atomic mass is 10.2. The van der Waals surface area contributed by atoms with E-state index >= 15 is 0 Å². The van der Waals surface area contributed by atoms with Crippen LogP contribution in [-0.2, 0) is 11.3 Å². The number of carbonyl (C=O) groups is 1. The van der Waals surface area contributed by atoms with Gasteiger partial charge in [-0.05, 0) is 5.56 Å². The Morgan fingerprint density at radius 1 is 1.29 bits per heavy atom. The molecule has 0 atom stereocenters. The molecule has 1 amide bonds. The minimum absolute atomic E-state index is 0. The number of amides is 1. The van der Waals surface area contributed by atoms with E-state index in [-0.39, 0.29) is 18.3 Å². The lowest BCUT2D eigenvalue weighted by molar-refractivity contribution is -0.127. The Bertz CT molecular complexity index is 302. The summed E-state index contributed by atoms with van der Waals surface area (Å²) in [5.74, 6) is 0.184. The van der Waals surface area contributed by atoms with Crippen LogP contribution in [0.1, 0.15) is 5.56 Å². The van der Waals surface area contributed by atoms with E-state index in [1.807, 2.05) is 35.2 Å². The molecule has 1 aliphatic heterocycles. The molecule has 0 spiro atoms. The first-order valence-corrected chi connectivity index (χ1v) is 4.39. The highest BCUT2D eigenvalue weighted by Gasteiger charge is 2.18. The lowest BCUT2D eigenvalue weighted by Gasteiger charge is -2.13. The normalized spacial score (nSPS) is 15.4. The molecule has 1 heterocycles. The summed E-state index contributed by atoms with van der Waals surface area (Å²) in [6.07, 6.45) is 0. The van der Waals surface area contributed by atoms with Crippen LogP contribution in [0.15, 0.2) is 30.3 Å². The molecule has 14 heavy (non-hydrogen) atoms. The number of nitrogens with one attached hydrogen (secondary N) is 1. The summed E-state index contributed by atoms with van der Waals surface area (Å²) in [5.41, 5.74) is 1.18. The van der Waals surface area contributed by atoms with Crippen molar-refractivity contribution in [2.45, 2.75) is 6.54 Å². The molecule has 3 nitrogen and oxygen atoms in total. The molecule has 1 aromatic rings. The van der Waals surface area contributed by atoms with Crippen LogP contribution in [0.4, 0.5) is 0 Å². The van der Waals surface area contributed by atoms with E-state index in [1.54, 1.807) is 0 Å². The molecule has 1 N–H and O–H groups in total. The standard InChI is InChI=1S/C10H12N2O.ClH/c13-10-6-11-8-12(10)7-9-4-2-1-3-5-9;/h1-5,11H,6-8H2;1H. The molecule has 4 heteroatoms. The monoisotopic (exact) mass is 212 g/mol. The molecular weight excluding hydrogens is 200 g/mol. The second-order valence-electron chi connectivity index (χ2n) is 3.16. The summed E-state index contributed by atoms with van der Waals surface area (Å²) in [5, 5.41) is 3.02. The van der Waals surface area contributed by atoms with Gasteiger partial charge in [-0.15, -0.1) is 12.4 Å². The maximum Gasteiger partial charge on any atom is 0.237 e. The number of hydrogen-bond acceptors (Lipinski definition) is 2. The zero-order valence-electron chi connectivity index (χ0n) is 7.77. The van der Waals surface area contributed by atoms with Crippen molar-refractivity contribution >= 4 is 18.3 Å². The van der Waals surface area contributed by atoms with Gasteiger partial charge in [0.25, 0.3) is 0 Å². The number of carbonyl (C=O) groups excluding carboxylic acids is 1. The van der Waals surface area contributed by atoms with Gasteiger partial charge >= 0.3 is 0 Å². The number of halogens is 1. The van der Waals surface area contributed by atoms with E-state index in [9.17, 15) is 4.79 Å². The van der Waals surface area contributed by atoms with Gasteiger partial charge < -0.3 is 4.90 Å². The lowest BCUT2D eigenvalue weighted by Crippen LogP contribution is -2.25. The minimum Gasteiger partial charge on any atom is -0.324 e. The van der Waals surface area contributed by atoms with Crippen LogP contribution in [0.3, 0.4) is 0 Å². The van der Waals surface area contributed by atoms with Crippen molar-refractivity contribution in [2.75, 3.05) is 13.2 Å². The fraction of sp³-hybridized carbons (Fsp3) is 0.300. The highest BCUT2D eigenvalue weighted by Crippen LogP contribution is 2.05. The second kappa shape index (κ2) is 4.98. The van der Waals surface area contributed by atoms with Gasteiger partial charge in [0.1, 0.15) is 0 Å². The molecule has 1 aliphatic rings. The topological polar surface area (TPSA) is 32.3 Å². The Balaban J connectivity index is 0.000000980. The van der Waals surface area contributed by atoms with Gasteiger partial charge in [-0.2, -0.15) is 0 Å². The highest BCUT2D eigenvalue weighted by molar-refractivity contribution is 5.85. The van der Waals surface area contributed by atoms with Gasteiger partial charge in [0, 0.05) is 6.54 Å². The van der Waals surface area contributed by atoms with E-state index < -0.39 is 0 Å². The first-order chi connectivity index (χ1) is 6.36. The van der Waals surface area contributed by atoms with E-state index in [2.05, 4.69) is 5.32 Å². The van der Waals surface area contributed by atoms with Crippen molar-refractivity contribution in [3.63, 3.8) is 0 Å². The summed E-state index contributed by atoms with van der Waals surface area (Å²) in [6, 6.07) is 10.0. The maximum absolute atomic E-state index is 11.2. The van der Waals surface area contributed by atoms with Crippen molar-refractivity contribution in [3.8, 4) is 0 Å². The predicted octanol–water partition coefficient (Wildman–Crippen LogP) is 0.998. The van der Waals surface area contributed by atoms with Gasteiger partial charge in [-0.3, -0.25) is 10.1 Å². The molecule has 0 radical (unpaired) electrons. The summed E-state index contributed by atoms with van der Waals surface area (Å²) < 4.78 is 0. The van der Waals surface area contributed by atoms with Gasteiger partial charge in [0.2, 0.25) is 5.91 Å². The zero-order chi connectivity index (χ0) is 9.10. The molecule has 0 aromatic heterocycles.